The van der Waals surface area contributed by atoms with E-state index in [0.717, 1.165) is 17.7 Å². The maximum atomic E-state index is 9.95. The Hall–Kier alpha value is -1.75. The first-order chi connectivity index (χ1) is 8.15. The lowest BCUT2D eigenvalue weighted by Gasteiger charge is -2.08. The highest BCUT2D eigenvalue weighted by Crippen LogP contribution is 2.16. The average molecular weight is 232 g/mol. The van der Waals surface area contributed by atoms with Crippen molar-refractivity contribution in [2.75, 3.05) is 0 Å². The predicted octanol–water partition coefficient (Wildman–Crippen LogP) is 1.18. The second-order valence-corrected chi connectivity index (χ2v) is 4.16. The highest BCUT2D eigenvalue weighted by atomic mass is 16.3. The minimum Gasteiger partial charge on any atom is -0.387 e. The molecule has 2 heterocycles. The molecule has 0 amide bonds. The third-order valence-corrected chi connectivity index (χ3v) is 2.61. The maximum absolute atomic E-state index is 9.95. The fraction of sp³-hybridized carbons (Fsp3) is 0.417. The van der Waals surface area contributed by atoms with E-state index in [2.05, 4.69) is 15.1 Å². The van der Waals surface area contributed by atoms with E-state index < -0.39 is 6.10 Å². The van der Waals surface area contributed by atoms with E-state index in [1.807, 2.05) is 26.4 Å². The van der Waals surface area contributed by atoms with Crippen molar-refractivity contribution in [3.63, 3.8) is 0 Å². The number of nitrogens with zero attached hydrogens (tertiary/aromatic N) is 4. The third-order valence-electron chi connectivity index (χ3n) is 2.61. The third kappa shape index (κ3) is 3.10. The molecule has 0 fully saturated rings. The van der Waals surface area contributed by atoms with Crippen LogP contribution in [-0.4, -0.2) is 24.9 Å². The number of hydrogen-bond donors (Lipinski definition) is 1. The summed E-state index contributed by atoms with van der Waals surface area (Å²) in [7, 11) is 1.88. The summed E-state index contributed by atoms with van der Waals surface area (Å²) in [6.45, 7) is 1.87. The Morgan fingerprint density at radius 3 is 2.71 bits per heavy atom. The van der Waals surface area contributed by atoms with Gasteiger partial charge in [-0.25, -0.2) is 0 Å². The van der Waals surface area contributed by atoms with E-state index in [4.69, 9.17) is 0 Å². The van der Waals surface area contributed by atoms with Crippen molar-refractivity contribution in [3.05, 3.63) is 41.7 Å². The summed E-state index contributed by atoms with van der Waals surface area (Å²) >= 11 is 0. The van der Waals surface area contributed by atoms with Crippen LogP contribution in [0.1, 0.15) is 29.5 Å². The number of aliphatic hydroxyl groups excluding tert-OH is 1. The molecule has 90 valence electrons. The molecule has 0 saturated carbocycles. The summed E-state index contributed by atoms with van der Waals surface area (Å²) in [5, 5.41) is 14.0. The van der Waals surface area contributed by atoms with Gasteiger partial charge in [0.15, 0.2) is 0 Å². The van der Waals surface area contributed by atoms with Gasteiger partial charge < -0.3 is 5.11 Å². The van der Waals surface area contributed by atoms with Gasteiger partial charge in [0.25, 0.3) is 0 Å². The monoisotopic (exact) mass is 232 g/mol. The summed E-state index contributed by atoms with van der Waals surface area (Å²) in [6, 6.07) is 0. The second-order valence-electron chi connectivity index (χ2n) is 4.16. The topological polar surface area (TPSA) is 63.8 Å². The van der Waals surface area contributed by atoms with E-state index in [-0.39, 0.29) is 0 Å². The van der Waals surface area contributed by atoms with Crippen LogP contribution in [0.5, 0.6) is 0 Å². The summed E-state index contributed by atoms with van der Waals surface area (Å²) in [6.07, 6.45) is 7.91. The zero-order valence-electron chi connectivity index (χ0n) is 10.0. The van der Waals surface area contributed by atoms with Gasteiger partial charge in [-0.3, -0.25) is 14.6 Å². The summed E-state index contributed by atoms with van der Waals surface area (Å²) in [5.41, 5.74) is 2.60. The molecule has 1 N–H and O–H groups in total. The first kappa shape index (κ1) is 11.7. The van der Waals surface area contributed by atoms with Crippen molar-refractivity contribution in [2.45, 2.75) is 25.9 Å². The summed E-state index contributed by atoms with van der Waals surface area (Å²) in [5.74, 6) is 0. The molecule has 2 aromatic rings. The quantitative estimate of drug-likeness (QED) is 0.860. The van der Waals surface area contributed by atoms with Crippen LogP contribution >= 0.6 is 0 Å². The number of rotatable bonds is 4. The van der Waals surface area contributed by atoms with Gasteiger partial charge in [0.1, 0.15) is 0 Å². The van der Waals surface area contributed by atoms with Crippen LogP contribution < -0.4 is 0 Å². The standard InChI is InChI=1S/C12H16N4O/c1-9-5-14-11(7-13-9)12(17)4-3-10-6-15-16(2)8-10/h5-8,12,17H,3-4H2,1-2H3. The number of aliphatic hydroxyl groups is 1. The van der Waals surface area contributed by atoms with Gasteiger partial charge >= 0.3 is 0 Å². The normalized spacial score (nSPS) is 12.6. The van der Waals surface area contributed by atoms with Gasteiger partial charge in [0.05, 0.1) is 29.9 Å². The molecule has 2 rings (SSSR count). The SMILES string of the molecule is Cc1cnc(C(O)CCc2cnn(C)c2)cn1. The van der Waals surface area contributed by atoms with Crippen LogP contribution in [0.15, 0.2) is 24.8 Å². The maximum Gasteiger partial charge on any atom is 0.0978 e. The van der Waals surface area contributed by atoms with E-state index in [1.165, 1.54) is 0 Å². The Bertz CT molecular complexity index is 478. The van der Waals surface area contributed by atoms with Gasteiger partial charge in [0, 0.05) is 19.4 Å². The zero-order chi connectivity index (χ0) is 12.3. The minimum atomic E-state index is -0.566. The second kappa shape index (κ2) is 5.05. The Balaban J connectivity index is 1.93. The number of hydrogen-bond acceptors (Lipinski definition) is 4. The van der Waals surface area contributed by atoms with Crippen LogP contribution in [0, 0.1) is 6.92 Å². The number of aryl methyl sites for hydroxylation is 3. The van der Waals surface area contributed by atoms with E-state index in [0.29, 0.717) is 12.1 Å². The molecule has 17 heavy (non-hydrogen) atoms. The highest BCUT2D eigenvalue weighted by Gasteiger charge is 2.10. The van der Waals surface area contributed by atoms with Crippen molar-refractivity contribution < 1.29 is 5.11 Å². The number of aromatic nitrogens is 4. The molecule has 0 saturated heterocycles. The largest absolute Gasteiger partial charge is 0.387 e. The van der Waals surface area contributed by atoms with Crippen molar-refractivity contribution in [1.82, 2.24) is 19.7 Å². The average Bonchev–Trinajstić information content (AvgIpc) is 2.73. The first-order valence-corrected chi connectivity index (χ1v) is 5.59. The molecule has 0 aliphatic heterocycles. The van der Waals surface area contributed by atoms with Crippen LogP contribution in [0.3, 0.4) is 0 Å². The minimum absolute atomic E-state index is 0.566. The van der Waals surface area contributed by atoms with Crippen molar-refractivity contribution in [1.29, 1.82) is 0 Å². The molecule has 0 aliphatic carbocycles. The molecule has 1 atom stereocenters. The lowest BCUT2D eigenvalue weighted by molar-refractivity contribution is 0.162. The molecule has 0 aromatic carbocycles. The summed E-state index contributed by atoms with van der Waals surface area (Å²) in [4.78, 5) is 8.28. The first-order valence-electron chi connectivity index (χ1n) is 5.59. The van der Waals surface area contributed by atoms with Crippen LogP contribution in [0.25, 0.3) is 0 Å². The van der Waals surface area contributed by atoms with Gasteiger partial charge in [-0.2, -0.15) is 5.10 Å². The van der Waals surface area contributed by atoms with Gasteiger partial charge in [-0.05, 0) is 25.3 Å². The zero-order valence-corrected chi connectivity index (χ0v) is 10.0. The van der Waals surface area contributed by atoms with Crippen LogP contribution in [0.2, 0.25) is 0 Å². The Kier molecular flexibility index (Phi) is 3.49. The molecule has 0 spiro atoms. The Morgan fingerprint density at radius 2 is 2.12 bits per heavy atom. The van der Waals surface area contributed by atoms with Gasteiger partial charge in [-0.1, -0.05) is 0 Å². The molecule has 2 aromatic heterocycles. The van der Waals surface area contributed by atoms with E-state index in [1.54, 1.807) is 17.1 Å². The predicted molar refractivity (Wildman–Crippen MR) is 63.3 cm³/mol. The molecular formula is C12H16N4O. The molecule has 1 unspecified atom stereocenters. The van der Waals surface area contributed by atoms with Crippen molar-refractivity contribution in [3.8, 4) is 0 Å². The van der Waals surface area contributed by atoms with Crippen LogP contribution in [-0.2, 0) is 13.5 Å². The Labute approximate surface area is 100 Å². The lowest BCUT2D eigenvalue weighted by atomic mass is 10.1. The lowest BCUT2D eigenvalue weighted by Crippen LogP contribution is -2.03. The van der Waals surface area contributed by atoms with Gasteiger partial charge in [0.2, 0.25) is 0 Å². The smallest absolute Gasteiger partial charge is 0.0978 e. The highest BCUT2D eigenvalue weighted by molar-refractivity contribution is 5.07. The fourth-order valence-corrected chi connectivity index (χ4v) is 1.63. The molecular weight excluding hydrogens is 216 g/mol. The van der Waals surface area contributed by atoms with Crippen molar-refractivity contribution in [2.24, 2.45) is 7.05 Å². The molecule has 0 aliphatic rings. The van der Waals surface area contributed by atoms with Crippen molar-refractivity contribution >= 4 is 0 Å². The molecule has 0 radical (unpaired) electrons. The van der Waals surface area contributed by atoms with E-state index in [9.17, 15) is 5.11 Å². The summed E-state index contributed by atoms with van der Waals surface area (Å²) < 4.78 is 1.76. The Morgan fingerprint density at radius 1 is 1.29 bits per heavy atom. The molecule has 5 nitrogen and oxygen atoms in total. The molecule has 0 bridgehead atoms. The van der Waals surface area contributed by atoms with Gasteiger partial charge in [-0.15, -0.1) is 0 Å². The van der Waals surface area contributed by atoms with Crippen LogP contribution in [0.4, 0.5) is 0 Å². The molecule has 5 heteroatoms. The van der Waals surface area contributed by atoms with E-state index >= 15 is 0 Å². The fourth-order valence-electron chi connectivity index (χ4n) is 1.63.